The van der Waals surface area contributed by atoms with E-state index < -0.39 is 12.2 Å². The molecule has 0 fully saturated rings. The number of nitrogens with zero attached hydrogens (tertiary/aromatic N) is 5. The number of nitrogens with one attached hydrogen (secondary N) is 1. The standard InChI is InChI=1S/C12H12F2N6S/c1-6-8(16-7(2)21-6)5-15-9-3-4-10-17-18-12(11(13)14)20(10)19-9/h3-4,11H,5H2,1-2H3,(H,15,19). The van der Waals surface area contributed by atoms with Crippen LogP contribution in [0.3, 0.4) is 0 Å². The van der Waals surface area contributed by atoms with Crippen molar-refractivity contribution in [2.75, 3.05) is 5.32 Å². The van der Waals surface area contributed by atoms with E-state index in [4.69, 9.17) is 0 Å². The molecule has 0 radical (unpaired) electrons. The lowest BCUT2D eigenvalue weighted by atomic mass is 10.4. The molecule has 3 aromatic heterocycles. The molecule has 3 rings (SSSR count). The third kappa shape index (κ3) is 2.68. The third-order valence-corrected chi connectivity index (χ3v) is 3.85. The van der Waals surface area contributed by atoms with Crippen LogP contribution in [0.15, 0.2) is 12.1 Å². The Hall–Kier alpha value is -2.16. The van der Waals surface area contributed by atoms with Gasteiger partial charge < -0.3 is 5.32 Å². The van der Waals surface area contributed by atoms with Crippen LogP contribution in [0.4, 0.5) is 14.6 Å². The van der Waals surface area contributed by atoms with Gasteiger partial charge in [-0.25, -0.2) is 13.8 Å². The average molecular weight is 310 g/mol. The van der Waals surface area contributed by atoms with E-state index >= 15 is 0 Å². The van der Waals surface area contributed by atoms with Crippen LogP contribution < -0.4 is 5.32 Å². The van der Waals surface area contributed by atoms with Gasteiger partial charge in [0.15, 0.2) is 5.65 Å². The van der Waals surface area contributed by atoms with Crippen molar-refractivity contribution in [3.63, 3.8) is 0 Å². The number of hydrogen-bond donors (Lipinski definition) is 1. The van der Waals surface area contributed by atoms with Gasteiger partial charge in [0.05, 0.1) is 17.2 Å². The SMILES string of the molecule is Cc1nc(CNc2ccc3nnc(C(F)F)n3n2)c(C)s1. The topological polar surface area (TPSA) is 68.0 Å². The fraction of sp³-hybridized carbons (Fsp3) is 0.333. The van der Waals surface area contributed by atoms with E-state index in [1.807, 2.05) is 13.8 Å². The highest BCUT2D eigenvalue weighted by Gasteiger charge is 2.17. The lowest BCUT2D eigenvalue weighted by molar-refractivity contribution is 0.137. The van der Waals surface area contributed by atoms with Gasteiger partial charge in [0, 0.05) is 4.88 Å². The first-order valence-electron chi connectivity index (χ1n) is 6.22. The molecule has 0 aliphatic rings. The quantitative estimate of drug-likeness (QED) is 0.802. The number of hydrogen-bond acceptors (Lipinski definition) is 6. The summed E-state index contributed by atoms with van der Waals surface area (Å²) in [5, 5.41) is 15.2. The summed E-state index contributed by atoms with van der Waals surface area (Å²) in [6.45, 7) is 4.42. The highest BCUT2D eigenvalue weighted by atomic mass is 32.1. The predicted octanol–water partition coefficient (Wildman–Crippen LogP) is 2.75. The number of rotatable bonds is 4. The van der Waals surface area contributed by atoms with Gasteiger partial charge in [0.2, 0.25) is 5.82 Å². The number of aryl methyl sites for hydroxylation is 2. The van der Waals surface area contributed by atoms with Crippen LogP contribution in [0.1, 0.15) is 27.8 Å². The van der Waals surface area contributed by atoms with Crippen molar-refractivity contribution >= 4 is 22.8 Å². The molecule has 110 valence electrons. The number of halogens is 2. The molecule has 0 saturated carbocycles. The Labute approximate surface area is 122 Å². The molecule has 0 aliphatic heterocycles. The van der Waals surface area contributed by atoms with Gasteiger partial charge in [-0.3, -0.25) is 0 Å². The van der Waals surface area contributed by atoms with Crippen LogP contribution in [0.5, 0.6) is 0 Å². The summed E-state index contributed by atoms with van der Waals surface area (Å²) in [7, 11) is 0. The maximum atomic E-state index is 12.8. The third-order valence-electron chi connectivity index (χ3n) is 2.92. The van der Waals surface area contributed by atoms with E-state index in [9.17, 15) is 8.78 Å². The number of fused-ring (bicyclic) bond motifs is 1. The first kappa shape index (κ1) is 13.8. The maximum absolute atomic E-state index is 12.8. The molecule has 0 aromatic carbocycles. The monoisotopic (exact) mass is 310 g/mol. The van der Waals surface area contributed by atoms with Crippen LogP contribution >= 0.6 is 11.3 Å². The molecule has 0 amide bonds. The van der Waals surface area contributed by atoms with Gasteiger partial charge in [0.1, 0.15) is 5.82 Å². The Kier molecular flexibility index (Phi) is 3.50. The fourth-order valence-corrected chi connectivity index (χ4v) is 2.78. The van der Waals surface area contributed by atoms with Gasteiger partial charge in [-0.1, -0.05) is 0 Å². The van der Waals surface area contributed by atoms with Crippen molar-refractivity contribution in [1.29, 1.82) is 0 Å². The molecule has 6 nitrogen and oxygen atoms in total. The average Bonchev–Trinajstić information content (AvgIpc) is 2.99. The number of anilines is 1. The first-order valence-corrected chi connectivity index (χ1v) is 7.03. The Morgan fingerprint density at radius 2 is 2.10 bits per heavy atom. The van der Waals surface area contributed by atoms with Crippen LogP contribution in [0, 0.1) is 13.8 Å². The maximum Gasteiger partial charge on any atom is 0.299 e. The number of thiazole rings is 1. The Balaban J connectivity index is 1.84. The van der Waals surface area contributed by atoms with Gasteiger partial charge >= 0.3 is 0 Å². The largest absolute Gasteiger partial charge is 0.363 e. The number of aromatic nitrogens is 5. The smallest absolute Gasteiger partial charge is 0.299 e. The summed E-state index contributed by atoms with van der Waals surface area (Å²) >= 11 is 1.62. The van der Waals surface area contributed by atoms with Crippen LogP contribution in [-0.4, -0.2) is 24.8 Å². The highest BCUT2D eigenvalue weighted by Crippen LogP contribution is 2.19. The fourth-order valence-electron chi connectivity index (χ4n) is 1.95. The molecule has 0 saturated heterocycles. The lowest BCUT2D eigenvalue weighted by Gasteiger charge is -2.05. The molecule has 21 heavy (non-hydrogen) atoms. The zero-order valence-corrected chi connectivity index (χ0v) is 12.2. The first-order chi connectivity index (χ1) is 10.0. The molecule has 0 aliphatic carbocycles. The van der Waals surface area contributed by atoms with Crippen molar-refractivity contribution in [2.24, 2.45) is 0 Å². The van der Waals surface area contributed by atoms with Crippen molar-refractivity contribution in [1.82, 2.24) is 24.8 Å². The second-order valence-electron chi connectivity index (χ2n) is 4.44. The van der Waals surface area contributed by atoms with Crippen molar-refractivity contribution in [2.45, 2.75) is 26.8 Å². The highest BCUT2D eigenvalue weighted by molar-refractivity contribution is 7.11. The normalized spacial score (nSPS) is 11.5. The van der Waals surface area contributed by atoms with Gasteiger partial charge in [-0.2, -0.15) is 4.52 Å². The molecule has 0 bridgehead atoms. The summed E-state index contributed by atoms with van der Waals surface area (Å²) in [5.74, 6) is 0.00332. The van der Waals surface area contributed by atoms with Crippen LogP contribution in [0.25, 0.3) is 5.65 Å². The van der Waals surface area contributed by atoms with Crippen molar-refractivity contribution in [3.8, 4) is 0 Å². The molecular formula is C12H12F2N6S. The van der Waals surface area contributed by atoms with E-state index in [-0.39, 0.29) is 5.65 Å². The van der Waals surface area contributed by atoms with Crippen molar-refractivity contribution < 1.29 is 8.78 Å². The predicted molar refractivity (Wildman–Crippen MR) is 74.7 cm³/mol. The summed E-state index contributed by atoms with van der Waals surface area (Å²) < 4.78 is 26.6. The van der Waals surface area contributed by atoms with Crippen LogP contribution in [-0.2, 0) is 6.54 Å². The molecule has 3 heterocycles. The van der Waals surface area contributed by atoms with E-state index in [1.165, 1.54) is 0 Å². The molecule has 0 atom stereocenters. The zero-order valence-electron chi connectivity index (χ0n) is 11.3. The summed E-state index contributed by atoms with van der Waals surface area (Å²) in [6.07, 6.45) is -2.72. The Bertz CT molecular complexity index is 781. The second kappa shape index (κ2) is 5.32. The Morgan fingerprint density at radius 3 is 2.76 bits per heavy atom. The Morgan fingerprint density at radius 1 is 1.29 bits per heavy atom. The summed E-state index contributed by atoms with van der Waals surface area (Å²) in [5.41, 5.74) is 1.22. The lowest BCUT2D eigenvalue weighted by Crippen LogP contribution is -2.07. The molecule has 9 heteroatoms. The van der Waals surface area contributed by atoms with E-state index in [0.29, 0.717) is 12.4 Å². The second-order valence-corrected chi connectivity index (χ2v) is 5.84. The summed E-state index contributed by atoms with van der Waals surface area (Å²) in [4.78, 5) is 5.52. The van der Waals surface area contributed by atoms with Crippen molar-refractivity contribution in [3.05, 3.63) is 33.5 Å². The van der Waals surface area contributed by atoms with E-state index in [2.05, 4.69) is 25.6 Å². The molecule has 0 spiro atoms. The van der Waals surface area contributed by atoms with Gasteiger partial charge in [-0.05, 0) is 26.0 Å². The minimum absolute atomic E-state index is 0.288. The van der Waals surface area contributed by atoms with Crippen LogP contribution in [0.2, 0.25) is 0 Å². The van der Waals surface area contributed by atoms with E-state index in [0.717, 1.165) is 20.1 Å². The molecule has 1 N–H and O–H groups in total. The number of alkyl halides is 2. The zero-order chi connectivity index (χ0) is 15.0. The van der Waals surface area contributed by atoms with Gasteiger partial charge in [-0.15, -0.1) is 26.6 Å². The summed E-state index contributed by atoms with van der Waals surface area (Å²) in [6, 6.07) is 3.27. The molecule has 3 aromatic rings. The van der Waals surface area contributed by atoms with E-state index in [1.54, 1.807) is 23.5 Å². The minimum Gasteiger partial charge on any atom is -0.363 e. The minimum atomic E-state index is -2.72. The molecule has 0 unspecified atom stereocenters. The molecular weight excluding hydrogens is 298 g/mol. The van der Waals surface area contributed by atoms with Gasteiger partial charge in [0.25, 0.3) is 6.43 Å².